The van der Waals surface area contributed by atoms with Gasteiger partial charge in [0.2, 0.25) is 0 Å². The molecule has 58 valence electrons. The highest BCUT2D eigenvalue weighted by molar-refractivity contribution is 5.07. The number of epoxide rings is 1. The van der Waals surface area contributed by atoms with Crippen LogP contribution in [0.1, 0.15) is 19.8 Å². The molecule has 2 heteroatoms. The quantitative estimate of drug-likeness (QED) is 0.471. The fourth-order valence-corrected chi connectivity index (χ4v) is 1.18. The van der Waals surface area contributed by atoms with Gasteiger partial charge >= 0.3 is 0 Å². The number of rotatable bonds is 4. The van der Waals surface area contributed by atoms with E-state index in [4.69, 9.17) is 9.84 Å². The van der Waals surface area contributed by atoms with Crippen molar-refractivity contribution in [3.8, 4) is 0 Å². The van der Waals surface area contributed by atoms with E-state index in [0.717, 1.165) is 12.8 Å². The molecular weight excluding hydrogens is 128 g/mol. The van der Waals surface area contributed by atoms with Crippen LogP contribution in [0.3, 0.4) is 0 Å². The van der Waals surface area contributed by atoms with Crippen molar-refractivity contribution in [1.29, 1.82) is 0 Å². The minimum atomic E-state index is -0.00944. The predicted octanol–water partition coefficient (Wildman–Crippen LogP) is 1.10. The van der Waals surface area contributed by atoms with Gasteiger partial charge < -0.3 is 9.84 Å². The third-order valence-electron chi connectivity index (χ3n) is 1.99. The lowest BCUT2D eigenvalue weighted by Gasteiger charge is -2.01. The zero-order valence-corrected chi connectivity index (χ0v) is 6.34. The highest BCUT2D eigenvalue weighted by atomic mass is 16.6. The zero-order chi connectivity index (χ0) is 7.61. The maximum Gasteiger partial charge on any atom is 0.105 e. The van der Waals surface area contributed by atoms with E-state index >= 15 is 0 Å². The topological polar surface area (TPSA) is 32.8 Å². The average molecular weight is 142 g/mol. The van der Waals surface area contributed by atoms with Gasteiger partial charge in [0.15, 0.2) is 0 Å². The van der Waals surface area contributed by atoms with Crippen molar-refractivity contribution in [2.24, 2.45) is 0 Å². The molecule has 1 saturated heterocycles. The van der Waals surface area contributed by atoms with Gasteiger partial charge in [-0.2, -0.15) is 0 Å². The highest BCUT2D eigenvalue weighted by Crippen LogP contribution is 2.40. The molecule has 0 aromatic rings. The molecular formula is C8H14O2. The largest absolute Gasteiger partial charge is 0.396 e. The molecule has 10 heavy (non-hydrogen) atoms. The number of hydrogen-bond acceptors (Lipinski definition) is 2. The number of aliphatic hydroxyl groups excluding tert-OH is 1. The van der Waals surface area contributed by atoms with Crippen molar-refractivity contribution in [1.82, 2.24) is 0 Å². The molecule has 0 saturated carbocycles. The lowest BCUT2D eigenvalue weighted by Crippen LogP contribution is -2.08. The van der Waals surface area contributed by atoms with Gasteiger partial charge in [-0.15, -0.1) is 6.58 Å². The van der Waals surface area contributed by atoms with Crippen LogP contribution in [0, 0.1) is 0 Å². The summed E-state index contributed by atoms with van der Waals surface area (Å²) < 4.78 is 5.33. The Morgan fingerprint density at radius 2 is 2.50 bits per heavy atom. The Morgan fingerprint density at radius 1 is 1.80 bits per heavy atom. The number of hydrogen-bond donors (Lipinski definition) is 1. The Hall–Kier alpha value is -0.340. The molecule has 0 spiro atoms. The van der Waals surface area contributed by atoms with E-state index in [2.05, 4.69) is 13.5 Å². The molecule has 0 radical (unpaired) electrons. The van der Waals surface area contributed by atoms with E-state index in [-0.39, 0.29) is 18.3 Å². The fraction of sp³-hybridized carbons (Fsp3) is 0.750. The molecule has 2 atom stereocenters. The van der Waals surface area contributed by atoms with Gasteiger partial charge in [-0.1, -0.05) is 6.08 Å². The molecule has 0 amide bonds. The van der Waals surface area contributed by atoms with E-state index < -0.39 is 0 Å². The Morgan fingerprint density at radius 3 is 2.90 bits per heavy atom. The first kappa shape index (κ1) is 7.76. The number of aliphatic hydroxyl groups is 1. The first-order valence-corrected chi connectivity index (χ1v) is 3.64. The van der Waals surface area contributed by atoms with Crippen LogP contribution in [0.2, 0.25) is 0 Å². The molecule has 1 heterocycles. The Bertz CT molecular complexity index is 133. The van der Waals surface area contributed by atoms with Crippen molar-refractivity contribution in [3.63, 3.8) is 0 Å². The first-order valence-electron chi connectivity index (χ1n) is 3.64. The van der Waals surface area contributed by atoms with Crippen molar-refractivity contribution in [2.45, 2.75) is 31.5 Å². The summed E-state index contributed by atoms with van der Waals surface area (Å²) in [6, 6.07) is 0. The third kappa shape index (κ3) is 1.39. The highest BCUT2D eigenvalue weighted by Gasteiger charge is 2.49. The van der Waals surface area contributed by atoms with Crippen molar-refractivity contribution < 1.29 is 9.84 Å². The van der Waals surface area contributed by atoms with Crippen molar-refractivity contribution in [3.05, 3.63) is 12.7 Å². The minimum absolute atomic E-state index is 0.00944. The molecule has 0 aliphatic carbocycles. The van der Waals surface area contributed by atoms with Gasteiger partial charge in [0.1, 0.15) is 6.10 Å². The van der Waals surface area contributed by atoms with Gasteiger partial charge in [-0.25, -0.2) is 0 Å². The molecule has 1 N–H and O–H groups in total. The van der Waals surface area contributed by atoms with Crippen molar-refractivity contribution >= 4 is 0 Å². The summed E-state index contributed by atoms with van der Waals surface area (Å²) in [5.41, 5.74) is -0.00944. The average Bonchev–Trinajstić information content (AvgIpc) is 2.59. The normalized spacial score (nSPS) is 37.6. The van der Waals surface area contributed by atoms with Crippen LogP contribution >= 0.6 is 0 Å². The zero-order valence-electron chi connectivity index (χ0n) is 6.34. The third-order valence-corrected chi connectivity index (χ3v) is 1.99. The second-order valence-electron chi connectivity index (χ2n) is 2.91. The maximum absolute atomic E-state index is 8.53. The van der Waals surface area contributed by atoms with Crippen LogP contribution in [0.5, 0.6) is 0 Å². The van der Waals surface area contributed by atoms with Gasteiger partial charge in [0.05, 0.1) is 5.60 Å². The standard InChI is InChI=1S/C8H14O2/c1-3-7-8(2,10-7)5-4-6-9/h3,7,9H,1,4-6H2,2H3. The van der Waals surface area contributed by atoms with E-state index in [1.165, 1.54) is 0 Å². The molecule has 1 rings (SSSR count). The van der Waals surface area contributed by atoms with Crippen LogP contribution in [-0.2, 0) is 4.74 Å². The van der Waals surface area contributed by atoms with Gasteiger partial charge in [-0.3, -0.25) is 0 Å². The van der Waals surface area contributed by atoms with E-state index in [0.29, 0.717) is 0 Å². The summed E-state index contributed by atoms with van der Waals surface area (Å²) in [5, 5.41) is 8.53. The minimum Gasteiger partial charge on any atom is -0.396 e. The molecule has 2 unspecified atom stereocenters. The van der Waals surface area contributed by atoms with Crippen LogP contribution in [0.15, 0.2) is 12.7 Å². The summed E-state index contributed by atoms with van der Waals surface area (Å²) >= 11 is 0. The summed E-state index contributed by atoms with van der Waals surface area (Å²) in [6.07, 6.45) is 3.79. The van der Waals surface area contributed by atoms with E-state index in [9.17, 15) is 0 Å². The van der Waals surface area contributed by atoms with Crippen LogP contribution in [0.4, 0.5) is 0 Å². The van der Waals surface area contributed by atoms with Crippen molar-refractivity contribution in [2.75, 3.05) is 6.61 Å². The lowest BCUT2D eigenvalue weighted by atomic mass is 10.0. The molecule has 1 fully saturated rings. The Kier molecular flexibility index (Phi) is 2.11. The fourth-order valence-electron chi connectivity index (χ4n) is 1.18. The van der Waals surface area contributed by atoms with Crippen LogP contribution in [-0.4, -0.2) is 23.4 Å². The second kappa shape index (κ2) is 2.72. The SMILES string of the molecule is C=CC1OC1(C)CCCO. The summed E-state index contributed by atoms with van der Waals surface area (Å²) in [5.74, 6) is 0. The van der Waals surface area contributed by atoms with Crippen LogP contribution in [0.25, 0.3) is 0 Å². The molecule has 1 aliphatic rings. The maximum atomic E-state index is 8.53. The molecule has 1 aliphatic heterocycles. The summed E-state index contributed by atoms with van der Waals surface area (Å²) in [6.45, 7) is 5.94. The van der Waals surface area contributed by atoms with Gasteiger partial charge in [0.25, 0.3) is 0 Å². The Labute approximate surface area is 61.5 Å². The van der Waals surface area contributed by atoms with Crippen LogP contribution < -0.4 is 0 Å². The van der Waals surface area contributed by atoms with E-state index in [1.807, 2.05) is 6.08 Å². The Balaban J connectivity index is 2.22. The monoisotopic (exact) mass is 142 g/mol. The lowest BCUT2D eigenvalue weighted by molar-refractivity contribution is 0.246. The second-order valence-corrected chi connectivity index (χ2v) is 2.91. The molecule has 2 nitrogen and oxygen atoms in total. The smallest absolute Gasteiger partial charge is 0.105 e. The number of ether oxygens (including phenoxy) is 1. The summed E-state index contributed by atoms with van der Waals surface area (Å²) in [7, 11) is 0. The van der Waals surface area contributed by atoms with E-state index in [1.54, 1.807) is 0 Å². The summed E-state index contributed by atoms with van der Waals surface area (Å²) in [4.78, 5) is 0. The van der Waals surface area contributed by atoms with Gasteiger partial charge in [0, 0.05) is 6.61 Å². The predicted molar refractivity (Wildman–Crippen MR) is 39.8 cm³/mol. The first-order chi connectivity index (χ1) is 4.73. The molecule has 0 aromatic carbocycles. The van der Waals surface area contributed by atoms with Gasteiger partial charge in [-0.05, 0) is 19.8 Å². The molecule has 0 bridgehead atoms. The molecule has 0 aromatic heterocycles.